The quantitative estimate of drug-likeness (QED) is 0.936. The van der Waals surface area contributed by atoms with Gasteiger partial charge in [0.1, 0.15) is 11.6 Å². The molecule has 5 nitrogen and oxygen atoms in total. The van der Waals surface area contributed by atoms with Crippen molar-refractivity contribution in [1.29, 1.82) is 0 Å². The van der Waals surface area contributed by atoms with Crippen molar-refractivity contribution in [2.24, 2.45) is 0 Å². The Morgan fingerprint density at radius 1 is 1.26 bits per heavy atom. The van der Waals surface area contributed by atoms with E-state index < -0.39 is 15.8 Å². The van der Waals surface area contributed by atoms with Crippen molar-refractivity contribution < 1.29 is 12.8 Å². The summed E-state index contributed by atoms with van der Waals surface area (Å²) in [6, 6.07) is 3.41. The van der Waals surface area contributed by atoms with Gasteiger partial charge in [0.25, 0.3) is 0 Å². The lowest BCUT2D eigenvalue weighted by molar-refractivity contribution is 0.498. The monoisotopic (exact) mass is 335 g/mol. The first-order chi connectivity index (χ1) is 10.8. The van der Waals surface area contributed by atoms with Crippen molar-refractivity contribution in [3.05, 3.63) is 52.9 Å². The molecule has 1 aliphatic rings. The molecular weight excluding hydrogens is 317 g/mol. The number of sulfonamides is 1. The van der Waals surface area contributed by atoms with Crippen LogP contribution in [0.15, 0.2) is 29.3 Å². The molecule has 0 unspecified atom stereocenters. The zero-order valence-corrected chi connectivity index (χ0v) is 13.8. The first kappa shape index (κ1) is 16.0. The average molecular weight is 335 g/mol. The van der Waals surface area contributed by atoms with Crippen LogP contribution in [0.4, 0.5) is 4.39 Å². The zero-order valence-electron chi connectivity index (χ0n) is 13.0. The van der Waals surface area contributed by atoms with E-state index in [2.05, 4.69) is 14.7 Å². The Morgan fingerprint density at radius 2 is 2.04 bits per heavy atom. The number of aryl methyl sites for hydroxylation is 3. The summed E-state index contributed by atoms with van der Waals surface area (Å²) in [6.45, 7) is 3.47. The summed E-state index contributed by atoms with van der Waals surface area (Å²) in [7, 11) is -3.80. The molecule has 1 aromatic heterocycles. The fourth-order valence-electron chi connectivity index (χ4n) is 2.88. The number of hydrogen-bond acceptors (Lipinski definition) is 4. The molecule has 0 aliphatic heterocycles. The molecule has 0 saturated heterocycles. The number of fused-ring (bicyclic) bond motifs is 1. The minimum absolute atomic E-state index is 0.0600. The van der Waals surface area contributed by atoms with Crippen LogP contribution >= 0.6 is 0 Å². The highest BCUT2D eigenvalue weighted by atomic mass is 32.2. The van der Waals surface area contributed by atoms with E-state index >= 15 is 0 Å². The maximum Gasteiger partial charge on any atom is 0.241 e. The number of halogens is 1. The molecule has 1 atom stereocenters. The van der Waals surface area contributed by atoms with Gasteiger partial charge in [0, 0.05) is 17.5 Å². The summed E-state index contributed by atoms with van der Waals surface area (Å²) in [4.78, 5) is 8.50. The lowest BCUT2D eigenvalue weighted by Gasteiger charge is -2.25. The molecule has 1 aliphatic carbocycles. The van der Waals surface area contributed by atoms with Crippen LogP contribution < -0.4 is 4.72 Å². The first-order valence-electron chi connectivity index (χ1n) is 7.47. The smallest absolute Gasteiger partial charge is 0.241 e. The standard InChI is InChI=1S/C16H18FN3O2S/c1-10-6-12(17)8-13(7-10)23(21,22)20-16-5-3-4-15-14(16)9-18-11(2)19-15/h6-9,16,20H,3-5H2,1-2H3/t16-/m1/s1. The van der Waals surface area contributed by atoms with Crippen LogP contribution in [0.1, 0.15) is 41.5 Å². The Balaban J connectivity index is 1.93. The second-order valence-corrected chi connectivity index (χ2v) is 7.56. The molecule has 0 bridgehead atoms. The molecule has 7 heteroatoms. The second kappa shape index (κ2) is 5.98. The molecule has 0 saturated carbocycles. The van der Waals surface area contributed by atoms with Gasteiger partial charge in [-0.3, -0.25) is 0 Å². The summed E-state index contributed by atoms with van der Waals surface area (Å²) in [5.74, 6) is 0.112. The van der Waals surface area contributed by atoms with Crippen LogP contribution in [0.2, 0.25) is 0 Å². The van der Waals surface area contributed by atoms with Crippen molar-refractivity contribution in [1.82, 2.24) is 14.7 Å². The molecule has 3 rings (SSSR count). The molecule has 0 spiro atoms. The highest BCUT2D eigenvalue weighted by Crippen LogP contribution is 2.29. The zero-order chi connectivity index (χ0) is 16.6. The molecule has 1 aromatic carbocycles. The summed E-state index contributed by atoms with van der Waals surface area (Å²) < 4.78 is 41.3. The van der Waals surface area contributed by atoms with E-state index in [1.807, 2.05) is 6.92 Å². The number of benzene rings is 1. The first-order valence-corrected chi connectivity index (χ1v) is 8.95. The van der Waals surface area contributed by atoms with Crippen LogP contribution in [0.3, 0.4) is 0 Å². The van der Waals surface area contributed by atoms with Gasteiger partial charge in [0.05, 0.1) is 10.9 Å². The third kappa shape index (κ3) is 3.40. The summed E-state index contributed by atoms with van der Waals surface area (Å²) in [6.07, 6.45) is 4.02. The Hall–Kier alpha value is -1.86. The van der Waals surface area contributed by atoms with E-state index in [1.54, 1.807) is 13.1 Å². The van der Waals surface area contributed by atoms with E-state index in [-0.39, 0.29) is 10.9 Å². The topological polar surface area (TPSA) is 72.0 Å². The molecule has 0 fully saturated rings. The number of nitrogens with one attached hydrogen (secondary N) is 1. The van der Waals surface area contributed by atoms with Gasteiger partial charge in [-0.1, -0.05) is 0 Å². The predicted molar refractivity (Wildman–Crippen MR) is 83.9 cm³/mol. The number of nitrogens with zero attached hydrogens (tertiary/aromatic N) is 2. The molecule has 2 aromatic rings. The normalized spacial score (nSPS) is 17.8. The summed E-state index contributed by atoms with van der Waals surface area (Å²) >= 11 is 0. The van der Waals surface area contributed by atoms with Gasteiger partial charge >= 0.3 is 0 Å². The number of aromatic nitrogens is 2. The largest absolute Gasteiger partial charge is 0.241 e. The molecule has 1 heterocycles. The fourth-order valence-corrected chi connectivity index (χ4v) is 4.25. The molecule has 23 heavy (non-hydrogen) atoms. The van der Waals surface area contributed by atoms with Gasteiger partial charge in [-0.2, -0.15) is 0 Å². The van der Waals surface area contributed by atoms with Gasteiger partial charge in [-0.15, -0.1) is 0 Å². The van der Waals surface area contributed by atoms with Gasteiger partial charge in [0.2, 0.25) is 10.0 Å². The Bertz CT molecular complexity index is 832. The molecular formula is C16H18FN3O2S. The van der Waals surface area contributed by atoms with Crippen LogP contribution in [0.5, 0.6) is 0 Å². The highest BCUT2D eigenvalue weighted by Gasteiger charge is 2.27. The van der Waals surface area contributed by atoms with Gasteiger partial charge in [-0.05, 0) is 56.9 Å². The second-order valence-electron chi connectivity index (χ2n) is 5.85. The maximum atomic E-state index is 13.5. The van der Waals surface area contributed by atoms with E-state index in [0.717, 1.165) is 30.2 Å². The summed E-state index contributed by atoms with van der Waals surface area (Å²) in [5.41, 5.74) is 2.25. The Labute approximate surface area is 135 Å². The minimum atomic E-state index is -3.80. The van der Waals surface area contributed by atoms with Gasteiger partial charge in [0.15, 0.2) is 0 Å². The summed E-state index contributed by atoms with van der Waals surface area (Å²) in [5, 5.41) is 0. The lowest BCUT2D eigenvalue weighted by atomic mass is 9.93. The predicted octanol–water partition coefficient (Wildman–Crippen LogP) is 2.59. The van der Waals surface area contributed by atoms with E-state index in [9.17, 15) is 12.8 Å². The van der Waals surface area contributed by atoms with Crippen LogP contribution in [-0.4, -0.2) is 18.4 Å². The van der Waals surface area contributed by atoms with Crippen molar-refractivity contribution in [2.45, 2.75) is 44.0 Å². The highest BCUT2D eigenvalue weighted by molar-refractivity contribution is 7.89. The molecule has 1 N–H and O–H groups in total. The number of rotatable bonds is 3. The van der Waals surface area contributed by atoms with Crippen LogP contribution in [-0.2, 0) is 16.4 Å². The van der Waals surface area contributed by atoms with Crippen LogP contribution in [0.25, 0.3) is 0 Å². The molecule has 122 valence electrons. The van der Waals surface area contributed by atoms with Crippen molar-refractivity contribution >= 4 is 10.0 Å². The van der Waals surface area contributed by atoms with Crippen molar-refractivity contribution in [3.8, 4) is 0 Å². The molecule has 0 amide bonds. The fraction of sp³-hybridized carbons (Fsp3) is 0.375. The third-order valence-electron chi connectivity index (χ3n) is 3.93. The van der Waals surface area contributed by atoms with Gasteiger partial charge < -0.3 is 0 Å². The third-order valence-corrected chi connectivity index (χ3v) is 5.38. The van der Waals surface area contributed by atoms with E-state index in [0.29, 0.717) is 17.8 Å². The maximum absolute atomic E-state index is 13.5. The SMILES string of the molecule is Cc1cc(F)cc(S(=O)(=O)N[C@@H]2CCCc3nc(C)ncc32)c1. The Kier molecular flexibility index (Phi) is 4.16. The van der Waals surface area contributed by atoms with Crippen molar-refractivity contribution in [2.75, 3.05) is 0 Å². The lowest BCUT2D eigenvalue weighted by Crippen LogP contribution is -2.31. The average Bonchev–Trinajstić information content (AvgIpc) is 2.45. The van der Waals surface area contributed by atoms with Gasteiger partial charge in [-0.25, -0.2) is 27.5 Å². The van der Waals surface area contributed by atoms with Crippen molar-refractivity contribution in [3.63, 3.8) is 0 Å². The van der Waals surface area contributed by atoms with Crippen LogP contribution in [0, 0.1) is 19.7 Å². The van der Waals surface area contributed by atoms with E-state index in [1.165, 1.54) is 12.1 Å². The molecule has 0 radical (unpaired) electrons. The minimum Gasteiger partial charge on any atom is -0.241 e. The number of hydrogen-bond donors (Lipinski definition) is 1. The Morgan fingerprint density at radius 3 is 2.78 bits per heavy atom. The van der Waals surface area contributed by atoms with E-state index in [4.69, 9.17) is 0 Å².